The molecule has 1 heterocycles. The maximum atomic E-state index is 12.8. The van der Waals surface area contributed by atoms with Crippen LogP contribution < -0.4 is 4.90 Å². The molecule has 4 rings (SSSR count). The van der Waals surface area contributed by atoms with E-state index in [4.69, 9.17) is 4.84 Å². The number of hydrogen-bond acceptors (Lipinski definition) is 6. The summed E-state index contributed by atoms with van der Waals surface area (Å²) in [4.78, 5) is 43.2. The number of rotatable bonds is 6. The Hall–Kier alpha value is -3.03. The zero-order valence-corrected chi connectivity index (χ0v) is 15.9. The molecule has 2 aliphatic carbocycles. The fourth-order valence-corrected chi connectivity index (χ4v) is 4.00. The Balaban J connectivity index is 1.51. The van der Waals surface area contributed by atoms with Crippen molar-refractivity contribution < 1.29 is 28.3 Å². The van der Waals surface area contributed by atoms with Crippen LogP contribution in [0.25, 0.3) is 0 Å². The number of alkyl halides is 1. The van der Waals surface area contributed by atoms with Gasteiger partial charge in [0.05, 0.1) is 11.4 Å². The van der Waals surface area contributed by atoms with Crippen LogP contribution in [0.2, 0.25) is 0 Å². The second kappa shape index (κ2) is 8.14. The number of hydrogen-bond donors (Lipinski definition) is 0. The molecule has 2 amide bonds. The molecule has 0 saturated carbocycles. The van der Waals surface area contributed by atoms with Gasteiger partial charge in [0.1, 0.15) is 13.3 Å². The number of oxime groups is 1. The first-order valence-electron chi connectivity index (χ1n) is 9.74. The molecule has 1 aromatic rings. The summed E-state index contributed by atoms with van der Waals surface area (Å²) in [6, 6.07) is 5.45. The Morgan fingerprint density at radius 2 is 1.79 bits per heavy atom. The number of ether oxygens (including phenoxy) is 1. The molecule has 0 saturated heterocycles. The molecule has 1 aliphatic heterocycles. The summed E-state index contributed by atoms with van der Waals surface area (Å²) in [5.74, 6) is -1.15. The number of fused-ring (bicyclic) bond motifs is 1. The van der Waals surface area contributed by atoms with E-state index in [9.17, 15) is 18.8 Å². The number of nitrogens with zero attached hydrogens (tertiary/aromatic N) is 2. The maximum Gasteiger partial charge on any atom is 0.347 e. The van der Waals surface area contributed by atoms with Crippen molar-refractivity contribution in [1.82, 2.24) is 0 Å². The second-order valence-corrected chi connectivity index (χ2v) is 7.17. The van der Waals surface area contributed by atoms with Crippen LogP contribution in [0.1, 0.15) is 43.2 Å². The first-order valence-corrected chi connectivity index (χ1v) is 9.74. The molecule has 0 bridgehead atoms. The number of aryl methyl sites for hydroxylation is 1. The Morgan fingerprint density at radius 3 is 2.48 bits per heavy atom. The highest BCUT2D eigenvalue weighted by Gasteiger charge is 2.40. The van der Waals surface area contributed by atoms with Gasteiger partial charge < -0.3 is 9.57 Å². The highest BCUT2D eigenvalue weighted by molar-refractivity contribution is 6.33. The predicted molar refractivity (Wildman–Crippen MR) is 102 cm³/mol. The topological polar surface area (TPSA) is 85.3 Å². The normalized spacial score (nSPS) is 19.6. The standard InChI is InChI=1S/C21H21FN2O5/c22-9-10-28-19(25)12-29-23-18-8-6-13-5-7-14(11-17(13)18)24-20(26)15-3-1-2-4-16(15)21(24)27/h5,7,11H,1-4,6,8-10,12H2/b23-18+. The number of amides is 2. The monoisotopic (exact) mass is 400 g/mol. The second-order valence-electron chi connectivity index (χ2n) is 7.17. The van der Waals surface area contributed by atoms with Gasteiger partial charge in [0.25, 0.3) is 11.8 Å². The summed E-state index contributed by atoms with van der Waals surface area (Å²) < 4.78 is 16.6. The highest BCUT2D eigenvalue weighted by Crippen LogP contribution is 2.37. The van der Waals surface area contributed by atoms with E-state index in [2.05, 4.69) is 9.89 Å². The van der Waals surface area contributed by atoms with E-state index < -0.39 is 19.3 Å². The molecular formula is C21H21FN2O5. The summed E-state index contributed by atoms with van der Waals surface area (Å²) in [5.41, 5.74) is 4.27. The van der Waals surface area contributed by atoms with Crippen LogP contribution in [0, 0.1) is 0 Å². The minimum absolute atomic E-state index is 0.229. The SMILES string of the molecule is O=C(CO/N=C1\CCc2ccc(N3C(=O)C4=C(CCCC4)C3=O)cc21)OCCF. The van der Waals surface area contributed by atoms with Crippen molar-refractivity contribution in [2.24, 2.45) is 5.16 Å². The van der Waals surface area contributed by atoms with Gasteiger partial charge in [-0.05, 0) is 56.2 Å². The van der Waals surface area contributed by atoms with Gasteiger partial charge in [0.2, 0.25) is 6.61 Å². The molecule has 3 aliphatic rings. The van der Waals surface area contributed by atoms with Gasteiger partial charge in [0.15, 0.2) is 0 Å². The van der Waals surface area contributed by atoms with Gasteiger partial charge in [-0.3, -0.25) is 9.59 Å². The van der Waals surface area contributed by atoms with Gasteiger partial charge >= 0.3 is 5.97 Å². The van der Waals surface area contributed by atoms with E-state index in [0.717, 1.165) is 30.4 Å². The zero-order chi connectivity index (χ0) is 20.4. The smallest absolute Gasteiger partial charge is 0.347 e. The molecule has 0 aromatic heterocycles. The average molecular weight is 400 g/mol. The fourth-order valence-electron chi connectivity index (χ4n) is 4.00. The third-order valence-corrected chi connectivity index (χ3v) is 5.38. The zero-order valence-electron chi connectivity index (χ0n) is 15.9. The van der Waals surface area contributed by atoms with Crippen LogP contribution in [0.4, 0.5) is 10.1 Å². The molecule has 7 nitrogen and oxygen atoms in total. The number of imide groups is 1. The van der Waals surface area contributed by atoms with E-state index in [0.29, 0.717) is 41.8 Å². The number of esters is 1. The van der Waals surface area contributed by atoms with Crippen molar-refractivity contribution in [3.8, 4) is 0 Å². The number of carbonyl (C=O) groups excluding carboxylic acids is 3. The third-order valence-electron chi connectivity index (χ3n) is 5.38. The highest BCUT2D eigenvalue weighted by atomic mass is 19.1. The molecule has 0 unspecified atom stereocenters. The Kier molecular flexibility index (Phi) is 5.42. The molecule has 29 heavy (non-hydrogen) atoms. The summed E-state index contributed by atoms with van der Waals surface area (Å²) in [5, 5.41) is 4.01. The molecule has 0 spiro atoms. The van der Waals surface area contributed by atoms with Gasteiger partial charge in [-0.1, -0.05) is 11.2 Å². The largest absolute Gasteiger partial charge is 0.460 e. The lowest BCUT2D eigenvalue weighted by atomic mass is 9.93. The van der Waals surface area contributed by atoms with Crippen LogP contribution >= 0.6 is 0 Å². The molecule has 0 radical (unpaired) electrons. The van der Waals surface area contributed by atoms with E-state index in [1.54, 1.807) is 12.1 Å². The van der Waals surface area contributed by atoms with Crippen LogP contribution in [0.3, 0.4) is 0 Å². The van der Waals surface area contributed by atoms with Crippen LogP contribution in [0.15, 0.2) is 34.5 Å². The summed E-state index contributed by atoms with van der Waals surface area (Å²) in [6.07, 6.45) is 4.53. The number of anilines is 1. The average Bonchev–Trinajstić information content (AvgIpc) is 3.25. The van der Waals surface area contributed by atoms with Crippen molar-refractivity contribution in [3.05, 3.63) is 40.5 Å². The number of benzene rings is 1. The maximum absolute atomic E-state index is 12.8. The lowest BCUT2D eigenvalue weighted by molar-refractivity contribution is -0.149. The van der Waals surface area contributed by atoms with Crippen molar-refractivity contribution in [2.45, 2.75) is 38.5 Å². The fraction of sp³-hybridized carbons (Fsp3) is 0.429. The summed E-state index contributed by atoms with van der Waals surface area (Å²) >= 11 is 0. The van der Waals surface area contributed by atoms with Crippen molar-refractivity contribution >= 4 is 29.2 Å². The molecular weight excluding hydrogens is 379 g/mol. The van der Waals surface area contributed by atoms with Crippen molar-refractivity contribution in [2.75, 3.05) is 24.8 Å². The van der Waals surface area contributed by atoms with E-state index in [1.165, 1.54) is 4.90 Å². The van der Waals surface area contributed by atoms with Gasteiger partial charge in [-0.15, -0.1) is 0 Å². The van der Waals surface area contributed by atoms with Crippen molar-refractivity contribution in [3.63, 3.8) is 0 Å². The van der Waals surface area contributed by atoms with Gasteiger partial charge in [0, 0.05) is 16.7 Å². The molecule has 0 N–H and O–H groups in total. The predicted octanol–water partition coefficient (Wildman–Crippen LogP) is 2.61. The first-order chi connectivity index (χ1) is 14.1. The Labute approximate surface area is 167 Å². The minimum Gasteiger partial charge on any atom is -0.460 e. The molecule has 152 valence electrons. The first kappa shape index (κ1) is 19.3. The van der Waals surface area contributed by atoms with Gasteiger partial charge in [-0.2, -0.15) is 0 Å². The lowest BCUT2D eigenvalue weighted by Crippen LogP contribution is -2.31. The third kappa shape index (κ3) is 3.66. The van der Waals surface area contributed by atoms with E-state index in [1.807, 2.05) is 6.07 Å². The lowest BCUT2D eigenvalue weighted by Gasteiger charge is -2.16. The molecule has 0 fully saturated rings. The van der Waals surface area contributed by atoms with Crippen molar-refractivity contribution in [1.29, 1.82) is 0 Å². The molecule has 1 aromatic carbocycles. The van der Waals surface area contributed by atoms with Crippen LogP contribution in [0.5, 0.6) is 0 Å². The van der Waals surface area contributed by atoms with E-state index >= 15 is 0 Å². The summed E-state index contributed by atoms with van der Waals surface area (Å²) in [6.45, 7) is -1.46. The Bertz CT molecular complexity index is 909. The van der Waals surface area contributed by atoms with Crippen LogP contribution in [-0.4, -0.2) is 43.4 Å². The molecule has 8 heteroatoms. The van der Waals surface area contributed by atoms with E-state index in [-0.39, 0.29) is 18.4 Å². The van der Waals surface area contributed by atoms with Gasteiger partial charge in [-0.25, -0.2) is 14.1 Å². The van der Waals surface area contributed by atoms with Crippen LogP contribution in [-0.2, 0) is 30.4 Å². The summed E-state index contributed by atoms with van der Waals surface area (Å²) in [7, 11) is 0. The molecule has 0 atom stereocenters. The minimum atomic E-state index is -0.747. The quantitative estimate of drug-likeness (QED) is 0.416. The number of halogens is 1. The Morgan fingerprint density at radius 1 is 1.07 bits per heavy atom. The number of carbonyl (C=O) groups is 3.